The molecule has 0 spiro atoms. The van der Waals surface area contributed by atoms with Crippen molar-refractivity contribution < 1.29 is 4.79 Å². The number of aryl methyl sites for hydroxylation is 1. The van der Waals surface area contributed by atoms with Crippen molar-refractivity contribution in [3.8, 4) is 0 Å². The number of pyridine rings is 1. The Bertz CT molecular complexity index is 1240. The van der Waals surface area contributed by atoms with Crippen molar-refractivity contribution in [1.29, 1.82) is 0 Å². The average molecular weight is 424 g/mol. The largest absolute Gasteiger partial charge is 0.383 e. The van der Waals surface area contributed by atoms with E-state index in [1.54, 1.807) is 6.07 Å². The van der Waals surface area contributed by atoms with Crippen LogP contribution >= 0.6 is 0 Å². The molecule has 0 unspecified atom stereocenters. The van der Waals surface area contributed by atoms with Crippen molar-refractivity contribution in [1.82, 2.24) is 14.5 Å². The first-order valence-corrected chi connectivity index (χ1v) is 10.4. The van der Waals surface area contributed by atoms with E-state index < -0.39 is 11.2 Å². The Morgan fingerprint density at radius 2 is 1.84 bits per heavy atom. The smallest absolute Gasteiger partial charge is 0.330 e. The molecule has 2 aromatic heterocycles. The van der Waals surface area contributed by atoms with Crippen LogP contribution in [0.3, 0.4) is 0 Å². The second kappa shape index (κ2) is 8.75. The van der Waals surface area contributed by atoms with Crippen LogP contribution in [-0.4, -0.2) is 27.0 Å². The number of fused-ring (bicyclic) bond motifs is 1. The van der Waals surface area contributed by atoms with E-state index in [2.05, 4.69) is 9.97 Å². The number of nitrogens with two attached hydrogens (primary N) is 1. The molecule has 2 heterocycles. The van der Waals surface area contributed by atoms with E-state index in [1.807, 2.05) is 58.9 Å². The van der Waals surface area contributed by atoms with Gasteiger partial charge in [0.2, 0.25) is 0 Å². The van der Waals surface area contributed by atoms with Crippen LogP contribution in [0.15, 0.2) is 39.9 Å². The summed E-state index contributed by atoms with van der Waals surface area (Å²) in [5.41, 5.74) is 6.87. The molecule has 0 saturated heterocycles. The van der Waals surface area contributed by atoms with Gasteiger partial charge in [0.05, 0.1) is 11.1 Å². The fourth-order valence-corrected chi connectivity index (χ4v) is 3.66. The van der Waals surface area contributed by atoms with Gasteiger partial charge in [0.1, 0.15) is 5.82 Å². The maximum Gasteiger partial charge on any atom is 0.330 e. The van der Waals surface area contributed by atoms with Gasteiger partial charge in [-0.15, -0.1) is 0 Å². The number of aromatic amines is 1. The lowest BCUT2D eigenvalue weighted by atomic mass is 10.1. The van der Waals surface area contributed by atoms with E-state index in [0.29, 0.717) is 28.7 Å². The minimum Gasteiger partial charge on any atom is -0.383 e. The van der Waals surface area contributed by atoms with Crippen LogP contribution in [0.5, 0.6) is 0 Å². The Morgan fingerprint density at radius 1 is 1.16 bits per heavy atom. The molecule has 0 atom stereocenters. The first-order valence-electron chi connectivity index (χ1n) is 10.4. The molecule has 3 rings (SSSR count). The second-order valence-corrected chi connectivity index (χ2v) is 8.64. The van der Waals surface area contributed by atoms with Gasteiger partial charge in [0, 0.05) is 24.2 Å². The number of para-hydroxylation sites is 1. The predicted octanol–water partition coefficient (Wildman–Crippen LogP) is 2.93. The number of carbonyl (C=O) groups is 1. The molecule has 0 bridgehead atoms. The third-order valence-corrected chi connectivity index (χ3v) is 4.90. The molecule has 31 heavy (non-hydrogen) atoms. The van der Waals surface area contributed by atoms with E-state index in [4.69, 9.17) is 5.73 Å². The molecular weight excluding hydrogens is 394 g/mol. The number of hydrogen-bond donors (Lipinski definition) is 2. The number of benzene rings is 1. The minimum absolute atomic E-state index is 0.00232. The van der Waals surface area contributed by atoms with Gasteiger partial charge in [0.25, 0.3) is 11.5 Å². The van der Waals surface area contributed by atoms with Gasteiger partial charge in [-0.1, -0.05) is 45.9 Å². The number of nitrogen functional groups attached to an aromatic ring is 1. The first-order chi connectivity index (χ1) is 14.6. The van der Waals surface area contributed by atoms with Crippen LogP contribution in [0.4, 0.5) is 11.5 Å². The number of rotatable bonds is 6. The molecule has 0 saturated carbocycles. The van der Waals surface area contributed by atoms with Crippen molar-refractivity contribution in [2.45, 2.75) is 41.2 Å². The minimum atomic E-state index is -0.674. The molecule has 0 fully saturated rings. The van der Waals surface area contributed by atoms with Crippen molar-refractivity contribution in [3.63, 3.8) is 0 Å². The molecule has 8 heteroatoms. The van der Waals surface area contributed by atoms with E-state index in [1.165, 1.54) is 9.47 Å². The number of nitrogens with zero attached hydrogens (tertiary/aromatic N) is 3. The number of hydrogen-bond acceptors (Lipinski definition) is 5. The molecular formula is C23H29N5O3. The van der Waals surface area contributed by atoms with E-state index in [-0.39, 0.29) is 35.8 Å². The zero-order chi connectivity index (χ0) is 22.9. The number of amides is 1. The van der Waals surface area contributed by atoms with Crippen LogP contribution in [0, 0.1) is 18.8 Å². The third kappa shape index (κ3) is 4.52. The predicted molar refractivity (Wildman–Crippen MR) is 124 cm³/mol. The van der Waals surface area contributed by atoms with Gasteiger partial charge in [-0.2, -0.15) is 0 Å². The number of nitrogens with one attached hydrogen (secondary N) is 1. The summed E-state index contributed by atoms with van der Waals surface area (Å²) in [5.74, 6) is -0.184. The molecule has 0 aliphatic heterocycles. The lowest BCUT2D eigenvalue weighted by Gasteiger charge is -2.27. The summed E-state index contributed by atoms with van der Waals surface area (Å²) in [6, 6.07) is 9.09. The van der Waals surface area contributed by atoms with Gasteiger partial charge in [0.15, 0.2) is 5.69 Å². The number of H-pyrrole nitrogens is 1. The van der Waals surface area contributed by atoms with E-state index in [9.17, 15) is 14.4 Å². The van der Waals surface area contributed by atoms with E-state index in [0.717, 1.165) is 0 Å². The summed E-state index contributed by atoms with van der Waals surface area (Å²) < 4.78 is 1.32. The number of aromatic nitrogens is 3. The third-order valence-electron chi connectivity index (χ3n) is 4.90. The summed E-state index contributed by atoms with van der Waals surface area (Å²) >= 11 is 0. The number of anilines is 2. The number of carbonyl (C=O) groups excluding carboxylic acids is 1. The summed E-state index contributed by atoms with van der Waals surface area (Å²) in [6.07, 6.45) is 0. The summed E-state index contributed by atoms with van der Waals surface area (Å²) in [5, 5.41) is 0.692. The molecule has 1 amide bonds. The second-order valence-electron chi connectivity index (χ2n) is 8.64. The monoisotopic (exact) mass is 423 g/mol. The molecule has 3 aromatic rings. The average Bonchev–Trinajstić information content (AvgIpc) is 2.68. The Kier molecular flexibility index (Phi) is 6.29. The van der Waals surface area contributed by atoms with Gasteiger partial charge < -0.3 is 10.6 Å². The summed E-state index contributed by atoms with van der Waals surface area (Å²) in [7, 11) is 0. The normalized spacial score (nSPS) is 11.5. The molecule has 0 radical (unpaired) electrons. The van der Waals surface area contributed by atoms with Crippen molar-refractivity contribution in [2.24, 2.45) is 11.8 Å². The van der Waals surface area contributed by atoms with Crippen LogP contribution in [0.2, 0.25) is 0 Å². The molecule has 1 aromatic carbocycles. The topological polar surface area (TPSA) is 114 Å². The molecule has 0 aliphatic rings. The molecule has 164 valence electrons. The van der Waals surface area contributed by atoms with Gasteiger partial charge in [-0.3, -0.25) is 24.1 Å². The standard InChI is InChI=1S/C23H29N5O3/c1-13(2)11-27(19-20(24)28(12-14(3)4)23(31)26-21(19)29)22(30)17-10-15(5)25-18-9-7-6-8-16(17)18/h6-10,13-14H,11-12,24H2,1-5H3,(H,26,29,31). The van der Waals surface area contributed by atoms with Crippen LogP contribution in [0.25, 0.3) is 10.9 Å². The first kappa shape index (κ1) is 22.3. The zero-order valence-corrected chi connectivity index (χ0v) is 18.6. The van der Waals surface area contributed by atoms with Crippen LogP contribution in [-0.2, 0) is 6.54 Å². The highest BCUT2D eigenvalue weighted by Crippen LogP contribution is 2.25. The highest BCUT2D eigenvalue weighted by molar-refractivity contribution is 6.14. The van der Waals surface area contributed by atoms with Gasteiger partial charge in [-0.05, 0) is 30.9 Å². The molecule has 0 aliphatic carbocycles. The van der Waals surface area contributed by atoms with Crippen LogP contribution < -0.4 is 21.9 Å². The summed E-state index contributed by atoms with van der Waals surface area (Å²) in [6.45, 7) is 10.2. The maximum absolute atomic E-state index is 13.8. The quantitative estimate of drug-likeness (QED) is 0.633. The molecule has 3 N–H and O–H groups in total. The molecule has 8 nitrogen and oxygen atoms in total. The van der Waals surface area contributed by atoms with Crippen molar-refractivity contribution >= 4 is 28.3 Å². The van der Waals surface area contributed by atoms with Crippen LogP contribution in [0.1, 0.15) is 43.7 Å². The Labute approximate surface area is 180 Å². The highest BCUT2D eigenvalue weighted by Gasteiger charge is 2.27. The SMILES string of the molecule is Cc1cc(C(=O)N(CC(C)C)c2c(N)n(CC(C)C)c(=O)[nH]c2=O)c2ccccc2n1. The fraction of sp³-hybridized carbons (Fsp3) is 0.391. The van der Waals surface area contributed by atoms with Gasteiger partial charge >= 0.3 is 5.69 Å². The maximum atomic E-state index is 13.8. The van der Waals surface area contributed by atoms with Crippen molar-refractivity contribution in [3.05, 3.63) is 62.4 Å². The Morgan fingerprint density at radius 3 is 2.48 bits per heavy atom. The lowest BCUT2D eigenvalue weighted by Crippen LogP contribution is -2.43. The lowest BCUT2D eigenvalue weighted by molar-refractivity contribution is 0.0985. The highest BCUT2D eigenvalue weighted by atomic mass is 16.2. The summed E-state index contributed by atoms with van der Waals surface area (Å²) in [4.78, 5) is 47.2. The Hall–Kier alpha value is -3.42. The zero-order valence-electron chi connectivity index (χ0n) is 18.6. The van der Waals surface area contributed by atoms with E-state index >= 15 is 0 Å². The Balaban J connectivity index is 2.25. The fourth-order valence-electron chi connectivity index (χ4n) is 3.66. The van der Waals surface area contributed by atoms with Crippen molar-refractivity contribution in [2.75, 3.05) is 17.2 Å². The van der Waals surface area contributed by atoms with Gasteiger partial charge in [-0.25, -0.2) is 4.79 Å².